The van der Waals surface area contributed by atoms with Gasteiger partial charge in [0, 0.05) is 18.0 Å². The van der Waals surface area contributed by atoms with Crippen molar-refractivity contribution in [3.05, 3.63) is 24.3 Å². The summed E-state index contributed by atoms with van der Waals surface area (Å²) in [5, 5.41) is 2.00. The lowest BCUT2D eigenvalue weighted by atomic mass is 10.3. The van der Waals surface area contributed by atoms with Crippen LogP contribution in [-0.4, -0.2) is 23.9 Å². The third-order valence-corrected chi connectivity index (χ3v) is 1.57. The lowest BCUT2D eigenvalue weighted by molar-refractivity contribution is -0.117. The van der Waals surface area contributed by atoms with Crippen LogP contribution in [0, 0.1) is 5.95 Å². The van der Waals surface area contributed by atoms with E-state index < -0.39 is 24.8 Å². The molecule has 0 aromatic carbocycles. The summed E-state index contributed by atoms with van der Waals surface area (Å²) in [7, 11) is 0. The van der Waals surface area contributed by atoms with Crippen molar-refractivity contribution in [3.63, 3.8) is 0 Å². The average Bonchev–Trinajstić information content (AvgIpc) is 2.15. The number of hydrogen-bond acceptors (Lipinski definition) is 2. The average molecular weight is 226 g/mol. The maximum atomic E-state index is 12.5. The Kier molecular flexibility index (Phi) is 3.43. The fourth-order valence-electron chi connectivity index (χ4n) is 0.809. The number of alkyl halides is 4. The number of anilines is 1. The van der Waals surface area contributed by atoms with Crippen LogP contribution in [0.4, 0.5) is 27.6 Å². The van der Waals surface area contributed by atoms with Gasteiger partial charge in [-0.05, 0) is 6.07 Å². The van der Waals surface area contributed by atoms with Gasteiger partial charge in [-0.1, -0.05) is 0 Å². The van der Waals surface area contributed by atoms with E-state index >= 15 is 0 Å². The van der Waals surface area contributed by atoms with Crippen molar-refractivity contribution >= 4 is 5.69 Å². The summed E-state index contributed by atoms with van der Waals surface area (Å²) in [5.41, 5.74) is -0.0252. The molecule has 0 bridgehead atoms. The van der Waals surface area contributed by atoms with Crippen molar-refractivity contribution in [2.45, 2.75) is 12.3 Å². The summed E-state index contributed by atoms with van der Waals surface area (Å²) in [4.78, 5) is 3.18. The molecule has 7 heteroatoms. The van der Waals surface area contributed by atoms with Gasteiger partial charge in [-0.25, -0.2) is 13.8 Å². The Labute approximate surface area is 82.1 Å². The van der Waals surface area contributed by atoms with E-state index in [1.807, 2.05) is 5.32 Å². The molecule has 0 aliphatic heterocycles. The Morgan fingerprint density at radius 3 is 2.60 bits per heavy atom. The van der Waals surface area contributed by atoms with E-state index in [2.05, 4.69) is 4.98 Å². The smallest absolute Gasteiger partial charge is 0.324 e. The molecule has 1 heterocycles. The van der Waals surface area contributed by atoms with Crippen molar-refractivity contribution in [1.29, 1.82) is 0 Å². The van der Waals surface area contributed by atoms with Crippen molar-refractivity contribution in [1.82, 2.24) is 4.98 Å². The lowest BCUT2D eigenvalue weighted by Crippen LogP contribution is -2.34. The van der Waals surface area contributed by atoms with Gasteiger partial charge in [0.15, 0.2) is 0 Å². The molecule has 1 N–H and O–H groups in total. The summed E-state index contributed by atoms with van der Waals surface area (Å²) in [6.07, 6.45) is -2.71. The van der Waals surface area contributed by atoms with Gasteiger partial charge in [-0.3, -0.25) is 0 Å². The number of halogens is 5. The Balaban J connectivity index is 2.57. The molecule has 0 atom stereocenters. The SMILES string of the molecule is Fc1cc(NCC(F)(F)C(F)F)ccn1. The molecule has 1 rings (SSSR count). The van der Waals surface area contributed by atoms with Gasteiger partial charge in [0.05, 0.1) is 6.54 Å². The first-order chi connectivity index (χ1) is 6.92. The maximum Gasteiger partial charge on any atom is 0.324 e. The molecule has 0 amide bonds. The van der Waals surface area contributed by atoms with Crippen molar-refractivity contribution < 1.29 is 22.0 Å². The molecule has 15 heavy (non-hydrogen) atoms. The van der Waals surface area contributed by atoms with Crippen LogP contribution in [0.25, 0.3) is 0 Å². The predicted octanol–water partition coefficient (Wildman–Crippen LogP) is 2.53. The highest BCUT2D eigenvalue weighted by molar-refractivity contribution is 5.41. The van der Waals surface area contributed by atoms with E-state index in [9.17, 15) is 22.0 Å². The number of nitrogens with zero attached hydrogens (tertiary/aromatic N) is 1. The zero-order valence-corrected chi connectivity index (χ0v) is 7.35. The summed E-state index contributed by atoms with van der Waals surface area (Å²) >= 11 is 0. The van der Waals surface area contributed by atoms with Gasteiger partial charge >= 0.3 is 12.3 Å². The standard InChI is InChI=1S/C8H7F5N2/c9-6-3-5(1-2-14-6)15-4-8(12,13)7(10)11/h1-3,7H,4H2,(H,14,15). The van der Waals surface area contributed by atoms with Gasteiger partial charge in [-0.2, -0.15) is 13.2 Å². The Bertz CT molecular complexity index is 329. The molecule has 0 spiro atoms. The largest absolute Gasteiger partial charge is 0.379 e. The van der Waals surface area contributed by atoms with Gasteiger partial charge in [-0.15, -0.1) is 0 Å². The molecule has 0 aliphatic rings. The third kappa shape index (κ3) is 3.34. The van der Waals surface area contributed by atoms with Crippen LogP contribution >= 0.6 is 0 Å². The van der Waals surface area contributed by atoms with Gasteiger partial charge < -0.3 is 5.32 Å². The fourth-order valence-corrected chi connectivity index (χ4v) is 0.809. The van der Waals surface area contributed by atoms with Crippen LogP contribution in [0.1, 0.15) is 0 Å². The van der Waals surface area contributed by atoms with Gasteiger partial charge in [0.25, 0.3) is 0 Å². The first-order valence-electron chi connectivity index (χ1n) is 3.93. The molecular weight excluding hydrogens is 219 g/mol. The third-order valence-electron chi connectivity index (χ3n) is 1.57. The van der Waals surface area contributed by atoms with E-state index in [0.717, 1.165) is 12.3 Å². The molecule has 0 aliphatic carbocycles. The quantitative estimate of drug-likeness (QED) is 0.630. The van der Waals surface area contributed by atoms with Crippen LogP contribution in [0.5, 0.6) is 0 Å². The number of aromatic nitrogens is 1. The normalized spacial score (nSPS) is 11.9. The van der Waals surface area contributed by atoms with Crippen molar-refractivity contribution in [3.8, 4) is 0 Å². The number of rotatable bonds is 4. The minimum atomic E-state index is -4.14. The second-order valence-electron chi connectivity index (χ2n) is 2.78. The van der Waals surface area contributed by atoms with E-state index in [1.54, 1.807) is 0 Å². The minimum Gasteiger partial charge on any atom is -0.379 e. The molecule has 0 fully saturated rings. The van der Waals surface area contributed by atoms with Crippen LogP contribution in [0.3, 0.4) is 0 Å². The van der Waals surface area contributed by atoms with E-state index in [4.69, 9.17) is 0 Å². The molecule has 2 nitrogen and oxygen atoms in total. The number of pyridine rings is 1. The van der Waals surface area contributed by atoms with E-state index in [-0.39, 0.29) is 5.69 Å². The first kappa shape index (κ1) is 11.7. The number of hydrogen-bond donors (Lipinski definition) is 1. The van der Waals surface area contributed by atoms with Crippen LogP contribution < -0.4 is 5.32 Å². The zero-order chi connectivity index (χ0) is 11.5. The topological polar surface area (TPSA) is 24.9 Å². The Hall–Kier alpha value is -1.40. The summed E-state index contributed by atoms with van der Waals surface area (Å²) in [6.45, 7) is -1.26. The molecular formula is C8H7F5N2. The molecule has 0 saturated carbocycles. The Morgan fingerprint density at radius 2 is 2.07 bits per heavy atom. The summed E-state index contributed by atoms with van der Waals surface area (Å²) in [6, 6.07) is 2.03. The highest BCUT2D eigenvalue weighted by Crippen LogP contribution is 2.23. The Morgan fingerprint density at radius 1 is 1.40 bits per heavy atom. The zero-order valence-electron chi connectivity index (χ0n) is 7.35. The van der Waals surface area contributed by atoms with E-state index in [1.165, 1.54) is 6.07 Å². The van der Waals surface area contributed by atoms with Gasteiger partial charge in [0.1, 0.15) is 0 Å². The van der Waals surface area contributed by atoms with Crippen LogP contribution in [-0.2, 0) is 0 Å². The van der Waals surface area contributed by atoms with Gasteiger partial charge in [0.2, 0.25) is 5.95 Å². The number of nitrogens with one attached hydrogen (secondary N) is 1. The lowest BCUT2D eigenvalue weighted by Gasteiger charge is -2.16. The predicted molar refractivity (Wildman–Crippen MR) is 43.6 cm³/mol. The molecule has 84 valence electrons. The molecule has 0 radical (unpaired) electrons. The second-order valence-corrected chi connectivity index (χ2v) is 2.78. The maximum absolute atomic E-state index is 12.5. The van der Waals surface area contributed by atoms with Crippen LogP contribution in [0.2, 0.25) is 0 Å². The molecule has 0 saturated heterocycles. The summed E-state index contributed by atoms with van der Waals surface area (Å²) < 4.78 is 60.7. The second kappa shape index (κ2) is 4.41. The minimum absolute atomic E-state index is 0.0252. The first-order valence-corrected chi connectivity index (χ1v) is 3.93. The highest BCUT2D eigenvalue weighted by Gasteiger charge is 2.40. The molecule has 1 aromatic rings. The fraction of sp³-hybridized carbons (Fsp3) is 0.375. The monoisotopic (exact) mass is 226 g/mol. The highest BCUT2D eigenvalue weighted by atomic mass is 19.3. The van der Waals surface area contributed by atoms with Crippen molar-refractivity contribution in [2.75, 3.05) is 11.9 Å². The molecule has 0 unspecified atom stereocenters. The molecule has 1 aromatic heterocycles. The van der Waals surface area contributed by atoms with Crippen molar-refractivity contribution in [2.24, 2.45) is 0 Å². The summed E-state index contributed by atoms with van der Waals surface area (Å²) in [5.74, 6) is -5.01. The van der Waals surface area contributed by atoms with E-state index in [0.29, 0.717) is 0 Å². The van der Waals surface area contributed by atoms with Crippen LogP contribution in [0.15, 0.2) is 18.3 Å².